The van der Waals surface area contributed by atoms with Gasteiger partial charge >= 0.3 is 0 Å². The molecule has 0 saturated carbocycles. The summed E-state index contributed by atoms with van der Waals surface area (Å²) < 4.78 is 0. The topological polar surface area (TPSA) is 0 Å². The highest BCUT2D eigenvalue weighted by molar-refractivity contribution is 5.86. The summed E-state index contributed by atoms with van der Waals surface area (Å²) in [6.45, 7) is 12.4. The van der Waals surface area contributed by atoms with E-state index < -0.39 is 0 Å². The summed E-state index contributed by atoms with van der Waals surface area (Å²) in [4.78, 5) is 0. The molecule has 0 aliphatic carbocycles. The van der Waals surface area contributed by atoms with Crippen molar-refractivity contribution >= 4 is 10.8 Å². The molecule has 94 valence electrons. The van der Waals surface area contributed by atoms with Crippen LogP contribution >= 0.6 is 0 Å². The van der Waals surface area contributed by atoms with Crippen molar-refractivity contribution in [2.45, 2.75) is 48.0 Å². The van der Waals surface area contributed by atoms with Crippen molar-refractivity contribution in [3.05, 3.63) is 47.5 Å². The van der Waals surface area contributed by atoms with Gasteiger partial charge in [-0.15, -0.1) is 0 Å². The molecule has 0 nitrogen and oxygen atoms in total. The Bertz CT molecular complexity index is 427. The third-order valence-electron chi connectivity index (χ3n) is 2.51. The first-order valence-corrected chi connectivity index (χ1v) is 6.79. The molecule has 0 unspecified atom stereocenters. The van der Waals surface area contributed by atoms with E-state index in [1.807, 2.05) is 27.7 Å². The lowest BCUT2D eigenvalue weighted by Crippen LogP contribution is -1.83. The zero-order chi connectivity index (χ0) is 13.3. The standard InChI is InChI=1S/C13H14.2C2H6/c1-3-11-5-4-6-12-8-7-10(2)9-13(11)12;2*1-2/h4-9H,3H2,1-2H3;2*1-2H3. The maximum Gasteiger partial charge on any atom is -0.0149 e. The average Bonchev–Trinajstić information content (AvgIpc) is 2.42. The van der Waals surface area contributed by atoms with Gasteiger partial charge < -0.3 is 0 Å². The molecule has 2 rings (SSSR count). The maximum absolute atomic E-state index is 2.27. The summed E-state index contributed by atoms with van der Waals surface area (Å²) in [5.74, 6) is 0. The molecule has 0 atom stereocenters. The molecule has 0 amide bonds. The number of aryl methyl sites for hydroxylation is 2. The lowest BCUT2D eigenvalue weighted by atomic mass is 10.0. The van der Waals surface area contributed by atoms with Gasteiger partial charge in [0, 0.05) is 0 Å². The van der Waals surface area contributed by atoms with Crippen molar-refractivity contribution in [1.82, 2.24) is 0 Å². The number of hydrogen-bond donors (Lipinski definition) is 0. The minimum atomic E-state index is 1.11. The van der Waals surface area contributed by atoms with Crippen LogP contribution in [0.25, 0.3) is 10.8 Å². The van der Waals surface area contributed by atoms with Crippen molar-refractivity contribution in [2.24, 2.45) is 0 Å². The molecule has 17 heavy (non-hydrogen) atoms. The molecule has 0 bridgehead atoms. The summed E-state index contributed by atoms with van der Waals surface area (Å²) in [5, 5.41) is 2.76. The highest BCUT2D eigenvalue weighted by Gasteiger charge is 1.97. The Labute approximate surface area is 107 Å². The second-order valence-electron chi connectivity index (χ2n) is 3.50. The predicted molar refractivity (Wildman–Crippen MR) is 80.8 cm³/mol. The molecule has 0 aliphatic heterocycles. The molecule has 0 aromatic heterocycles. The van der Waals surface area contributed by atoms with E-state index in [0.29, 0.717) is 0 Å². The molecule has 0 fully saturated rings. The monoisotopic (exact) mass is 230 g/mol. The Hall–Kier alpha value is -1.30. The molecule has 2 aromatic rings. The molecule has 0 saturated heterocycles. The summed E-state index contributed by atoms with van der Waals surface area (Å²) in [7, 11) is 0. The van der Waals surface area contributed by atoms with Gasteiger partial charge in [0.25, 0.3) is 0 Å². The van der Waals surface area contributed by atoms with Crippen molar-refractivity contribution in [3.8, 4) is 0 Å². The number of hydrogen-bond acceptors (Lipinski definition) is 0. The van der Waals surface area contributed by atoms with Crippen LogP contribution in [0.15, 0.2) is 36.4 Å². The minimum Gasteiger partial charge on any atom is -0.0683 e. The zero-order valence-corrected chi connectivity index (χ0v) is 12.2. The van der Waals surface area contributed by atoms with Crippen LogP contribution in [0.2, 0.25) is 0 Å². The fourth-order valence-electron chi connectivity index (χ4n) is 1.76. The lowest BCUT2D eigenvalue weighted by Gasteiger charge is -2.04. The van der Waals surface area contributed by atoms with Gasteiger partial charge in [0.05, 0.1) is 0 Å². The fraction of sp³-hybridized carbons (Fsp3) is 0.412. The predicted octanol–water partition coefficient (Wildman–Crippen LogP) is 5.76. The average molecular weight is 230 g/mol. The van der Waals surface area contributed by atoms with Crippen molar-refractivity contribution in [1.29, 1.82) is 0 Å². The van der Waals surface area contributed by atoms with Gasteiger partial charge in [-0.25, -0.2) is 0 Å². The number of benzene rings is 2. The Balaban J connectivity index is 0.000000581. The van der Waals surface area contributed by atoms with Crippen molar-refractivity contribution in [2.75, 3.05) is 0 Å². The summed E-state index contributed by atoms with van der Waals surface area (Å²) in [6.07, 6.45) is 1.11. The van der Waals surface area contributed by atoms with Crippen LogP contribution in [0.4, 0.5) is 0 Å². The number of fused-ring (bicyclic) bond motifs is 1. The van der Waals surface area contributed by atoms with Crippen LogP contribution in [0.1, 0.15) is 45.7 Å². The van der Waals surface area contributed by atoms with Gasteiger partial charge in [-0.2, -0.15) is 0 Å². The lowest BCUT2D eigenvalue weighted by molar-refractivity contribution is 1.16. The van der Waals surface area contributed by atoms with Crippen LogP contribution in [0, 0.1) is 6.92 Å². The first-order chi connectivity index (χ1) is 8.31. The van der Waals surface area contributed by atoms with E-state index >= 15 is 0 Å². The fourth-order valence-corrected chi connectivity index (χ4v) is 1.76. The molecule has 0 heteroatoms. The first kappa shape index (κ1) is 15.7. The highest BCUT2D eigenvalue weighted by Crippen LogP contribution is 2.20. The number of rotatable bonds is 1. The van der Waals surface area contributed by atoms with E-state index in [4.69, 9.17) is 0 Å². The molecule has 0 heterocycles. The molecular formula is C17H26. The van der Waals surface area contributed by atoms with Crippen molar-refractivity contribution < 1.29 is 0 Å². The second kappa shape index (κ2) is 8.81. The summed E-state index contributed by atoms with van der Waals surface area (Å²) in [5.41, 5.74) is 2.79. The SMILES string of the molecule is CC.CC.CCc1cccc2ccc(C)cc12. The quantitative estimate of drug-likeness (QED) is 0.584. The van der Waals surface area contributed by atoms with E-state index in [-0.39, 0.29) is 0 Å². The van der Waals surface area contributed by atoms with Crippen LogP contribution in [0.5, 0.6) is 0 Å². The molecule has 0 aliphatic rings. The molecule has 0 radical (unpaired) electrons. The molecule has 0 N–H and O–H groups in total. The van der Waals surface area contributed by atoms with E-state index in [9.17, 15) is 0 Å². The Morgan fingerprint density at radius 2 is 1.53 bits per heavy atom. The zero-order valence-electron chi connectivity index (χ0n) is 12.2. The third-order valence-corrected chi connectivity index (χ3v) is 2.51. The van der Waals surface area contributed by atoms with E-state index in [1.165, 1.54) is 21.9 Å². The smallest absolute Gasteiger partial charge is 0.0149 e. The Morgan fingerprint density at radius 1 is 0.882 bits per heavy atom. The Kier molecular flexibility index (Phi) is 8.13. The van der Waals surface area contributed by atoms with Crippen molar-refractivity contribution in [3.63, 3.8) is 0 Å². The Morgan fingerprint density at radius 3 is 2.12 bits per heavy atom. The molecular weight excluding hydrogens is 204 g/mol. The summed E-state index contributed by atoms with van der Waals surface area (Å²) >= 11 is 0. The first-order valence-electron chi connectivity index (χ1n) is 6.79. The molecule has 0 spiro atoms. The second-order valence-corrected chi connectivity index (χ2v) is 3.50. The largest absolute Gasteiger partial charge is 0.0683 e. The van der Waals surface area contributed by atoms with Crippen LogP contribution in [-0.4, -0.2) is 0 Å². The van der Waals surface area contributed by atoms with Gasteiger partial charge in [-0.3, -0.25) is 0 Å². The van der Waals surface area contributed by atoms with Gasteiger partial charge in [-0.05, 0) is 29.7 Å². The normalized spacial score (nSPS) is 8.82. The van der Waals surface area contributed by atoms with Crippen LogP contribution in [-0.2, 0) is 6.42 Å². The van der Waals surface area contributed by atoms with Crippen LogP contribution in [0.3, 0.4) is 0 Å². The summed E-state index contributed by atoms with van der Waals surface area (Å²) in [6, 6.07) is 13.2. The van der Waals surface area contributed by atoms with Gasteiger partial charge in [0.2, 0.25) is 0 Å². The maximum atomic E-state index is 2.27. The van der Waals surface area contributed by atoms with E-state index in [1.54, 1.807) is 0 Å². The van der Waals surface area contributed by atoms with Gasteiger partial charge in [0.1, 0.15) is 0 Å². The highest BCUT2D eigenvalue weighted by atomic mass is 14.0. The van der Waals surface area contributed by atoms with Gasteiger partial charge in [0.15, 0.2) is 0 Å². The minimum absolute atomic E-state index is 1.11. The molecule has 2 aromatic carbocycles. The van der Waals surface area contributed by atoms with E-state index in [0.717, 1.165) is 6.42 Å². The van der Waals surface area contributed by atoms with Gasteiger partial charge in [-0.1, -0.05) is 76.6 Å². The van der Waals surface area contributed by atoms with E-state index in [2.05, 4.69) is 50.2 Å². The van der Waals surface area contributed by atoms with Crippen LogP contribution < -0.4 is 0 Å². The third kappa shape index (κ3) is 4.22.